The lowest BCUT2D eigenvalue weighted by atomic mass is 10.1. The molecule has 0 spiro atoms. The molecule has 0 amide bonds. The summed E-state index contributed by atoms with van der Waals surface area (Å²) < 4.78 is 7.36. The molecule has 0 atom stereocenters. The van der Waals surface area contributed by atoms with Crippen molar-refractivity contribution in [3.05, 3.63) is 60.3 Å². The fourth-order valence-corrected chi connectivity index (χ4v) is 2.73. The molecule has 0 bridgehead atoms. The van der Waals surface area contributed by atoms with Crippen LogP contribution in [0.15, 0.2) is 54.7 Å². The first-order valence-electron chi connectivity index (χ1n) is 8.27. The fraction of sp³-hybridized carbons (Fsp3) is 0.278. The summed E-state index contributed by atoms with van der Waals surface area (Å²) in [6.45, 7) is 1.87. The summed E-state index contributed by atoms with van der Waals surface area (Å²) in [7, 11) is 0. The van der Waals surface area contributed by atoms with Crippen LogP contribution < -0.4 is 16.8 Å². The van der Waals surface area contributed by atoms with Crippen LogP contribution in [0.1, 0.15) is 18.4 Å². The van der Waals surface area contributed by atoms with Gasteiger partial charge >= 0.3 is 0 Å². The van der Waals surface area contributed by atoms with Gasteiger partial charge in [0.15, 0.2) is 5.88 Å². The first kappa shape index (κ1) is 16.9. The topological polar surface area (TPSA) is 111 Å². The second-order valence-electron chi connectivity index (χ2n) is 5.91. The summed E-state index contributed by atoms with van der Waals surface area (Å²) in [6, 6.07) is 7.01. The number of phenols is 1. The molecule has 0 radical (unpaired) electrons. The minimum Gasteiger partial charge on any atom is -0.507 e. The van der Waals surface area contributed by atoms with Gasteiger partial charge in [0, 0.05) is 29.7 Å². The van der Waals surface area contributed by atoms with Gasteiger partial charge in [-0.2, -0.15) is 5.10 Å². The molecular weight excluding hydrogens is 318 g/mol. The van der Waals surface area contributed by atoms with Gasteiger partial charge in [0.05, 0.1) is 5.69 Å². The first-order chi connectivity index (χ1) is 12.1. The molecule has 7 heteroatoms. The van der Waals surface area contributed by atoms with Crippen molar-refractivity contribution in [2.45, 2.75) is 18.9 Å². The Kier molecular flexibility index (Phi) is 5.25. The van der Waals surface area contributed by atoms with E-state index in [4.69, 9.17) is 16.2 Å². The number of hydrogen-bond acceptors (Lipinski definition) is 6. The highest BCUT2D eigenvalue weighted by Gasteiger charge is 2.14. The molecule has 7 nitrogen and oxygen atoms in total. The van der Waals surface area contributed by atoms with E-state index >= 15 is 0 Å². The standard InChI is InChI=1S/C18H23N5O2/c19-16(4-5-18(20)25-14-6-9-21-10-7-14)15-3-2-13(12-17(15)24)23-11-1-8-22-23/h1-5,8,11-12,14,21,24H,6-7,9-10,19-20H2/b16-4-,18-5+. The predicted octanol–water partition coefficient (Wildman–Crippen LogP) is 1.45. The van der Waals surface area contributed by atoms with Crippen LogP contribution in [0.3, 0.4) is 0 Å². The highest BCUT2D eigenvalue weighted by molar-refractivity contribution is 5.70. The number of allylic oxidation sites excluding steroid dienone is 2. The number of aromatic hydroxyl groups is 1. The molecule has 25 heavy (non-hydrogen) atoms. The van der Waals surface area contributed by atoms with Gasteiger partial charge in [-0.25, -0.2) is 4.68 Å². The smallest absolute Gasteiger partial charge is 0.184 e. The number of benzene rings is 1. The summed E-state index contributed by atoms with van der Waals surface area (Å²) in [5, 5.41) is 17.6. The van der Waals surface area contributed by atoms with Crippen molar-refractivity contribution >= 4 is 5.70 Å². The van der Waals surface area contributed by atoms with Crippen LogP contribution in [0, 0.1) is 0 Å². The summed E-state index contributed by atoms with van der Waals surface area (Å²) in [5.41, 5.74) is 13.6. The summed E-state index contributed by atoms with van der Waals surface area (Å²) in [5.74, 6) is 0.399. The zero-order chi connectivity index (χ0) is 17.6. The third-order valence-electron chi connectivity index (χ3n) is 4.08. The van der Waals surface area contributed by atoms with E-state index in [9.17, 15) is 5.11 Å². The Bertz CT molecular complexity index is 762. The highest BCUT2D eigenvalue weighted by Crippen LogP contribution is 2.25. The van der Waals surface area contributed by atoms with Crippen molar-refractivity contribution in [2.24, 2.45) is 11.5 Å². The molecule has 0 unspecified atom stereocenters. The second-order valence-corrected chi connectivity index (χ2v) is 5.91. The monoisotopic (exact) mass is 341 g/mol. The third kappa shape index (κ3) is 4.33. The van der Waals surface area contributed by atoms with Gasteiger partial charge in [0.1, 0.15) is 11.9 Å². The molecule has 1 aliphatic rings. The van der Waals surface area contributed by atoms with Crippen LogP contribution in [0.2, 0.25) is 0 Å². The Labute approximate surface area is 146 Å². The lowest BCUT2D eigenvalue weighted by molar-refractivity contribution is 0.0865. The Hall–Kier alpha value is -2.93. The van der Waals surface area contributed by atoms with Crippen molar-refractivity contribution in [2.75, 3.05) is 13.1 Å². The molecule has 2 heterocycles. The maximum atomic E-state index is 10.2. The minimum atomic E-state index is 0.0768. The van der Waals surface area contributed by atoms with E-state index in [-0.39, 0.29) is 11.9 Å². The SMILES string of the molecule is N/C(=C\C=C(/N)OC1CCNCC1)c1ccc(-n2cccn2)cc1O. The molecule has 0 aliphatic carbocycles. The van der Waals surface area contributed by atoms with Crippen molar-refractivity contribution in [1.29, 1.82) is 0 Å². The van der Waals surface area contributed by atoms with Crippen LogP contribution in [0.5, 0.6) is 5.75 Å². The Morgan fingerprint density at radius 1 is 1.28 bits per heavy atom. The Morgan fingerprint density at radius 2 is 2.08 bits per heavy atom. The molecule has 1 saturated heterocycles. The maximum Gasteiger partial charge on any atom is 0.184 e. The van der Waals surface area contributed by atoms with Crippen LogP contribution in [0.25, 0.3) is 11.4 Å². The number of nitrogens with zero attached hydrogens (tertiary/aromatic N) is 2. The zero-order valence-electron chi connectivity index (χ0n) is 13.9. The average Bonchev–Trinajstić information content (AvgIpc) is 3.15. The molecule has 1 aromatic carbocycles. The normalized spacial score (nSPS) is 16.8. The number of nitrogens with one attached hydrogen (secondary N) is 1. The maximum absolute atomic E-state index is 10.2. The highest BCUT2D eigenvalue weighted by atomic mass is 16.5. The van der Waals surface area contributed by atoms with Gasteiger partial charge in [-0.15, -0.1) is 0 Å². The quantitative estimate of drug-likeness (QED) is 0.484. The van der Waals surface area contributed by atoms with E-state index in [0.29, 0.717) is 17.1 Å². The van der Waals surface area contributed by atoms with Crippen molar-refractivity contribution in [1.82, 2.24) is 15.1 Å². The van der Waals surface area contributed by atoms with E-state index in [2.05, 4.69) is 10.4 Å². The fourth-order valence-electron chi connectivity index (χ4n) is 2.73. The summed E-state index contributed by atoms with van der Waals surface area (Å²) in [4.78, 5) is 0. The van der Waals surface area contributed by atoms with Crippen LogP contribution in [-0.4, -0.2) is 34.1 Å². The van der Waals surface area contributed by atoms with Crippen molar-refractivity contribution < 1.29 is 9.84 Å². The predicted molar refractivity (Wildman–Crippen MR) is 96.6 cm³/mol. The molecule has 1 fully saturated rings. The van der Waals surface area contributed by atoms with E-state index < -0.39 is 0 Å². The molecule has 0 saturated carbocycles. The van der Waals surface area contributed by atoms with Gasteiger partial charge in [-0.1, -0.05) is 0 Å². The van der Waals surface area contributed by atoms with Gasteiger partial charge in [-0.3, -0.25) is 0 Å². The molecular formula is C18H23N5O2. The average molecular weight is 341 g/mol. The van der Waals surface area contributed by atoms with Gasteiger partial charge in [-0.05, 0) is 56.3 Å². The van der Waals surface area contributed by atoms with Crippen molar-refractivity contribution in [3.63, 3.8) is 0 Å². The Morgan fingerprint density at radius 3 is 2.76 bits per heavy atom. The molecule has 1 aliphatic heterocycles. The first-order valence-corrected chi connectivity index (χ1v) is 8.27. The second kappa shape index (κ2) is 7.76. The molecule has 3 rings (SSSR count). The zero-order valence-corrected chi connectivity index (χ0v) is 13.9. The number of ether oxygens (including phenoxy) is 1. The van der Waals surface area contributed by atoms with Gasteiger partial charge < -0.3 is 26.6 Å². The molecule has 6 N–H and O–H groups in total. The number of rotatable bonds is 5. The van der Waals surface area contributed by atoms with E-state index in [1.165, 1.54) is 0 Å². The lowest BCUT2D eigenvalue weighted by Gasteiger charge is -2.23. The third-order valence-corrected chi connectivity index (χ3v) is 4.08. The van der Waals surface area contributed by atoms with E-state index in [1.807, 2.05) is 12.1 Å². The number of nitrogens with two attached hydrogens (primary N) is 2. The van der Waals surface area contributed by atoms with Crippen LogP contribution in [0.4, 0.5) is 0 Å². The van der Waals surface area contributed by atoms with Gasteiger partial charge in [0.25, 0.3) is 0 Å². The van der Waals surface area contributed by atoms with E-state index in [1.54, 1.807) is 41.4 Å². The molecule has 1 aromatic heterocycles. The molecule has 132 valence electrons. The Balaban J connectivity index is 1.70. The molecule has 2 aromatic rings. The lowest BCUT2D eigenvalue weighted by Crippen LogP contribution is -2.33. The number of phenolic OH excluding ortho intramolecular Hbond substituents is 1. The van der Waals surface area contributed by atoms with Gasteiger partial charge in [0.2, 0.25) is 0 Å². The summed E-state index contributed by atoms with van der Waals surface area (Å²) >= 11 is 0. The summed E-state index contributed by atoms with van der Waals surface area (Å²) in [6.07, 6.45) is 8.74. The number of hydrogen-bond donors (Lipinski definition) is 4. The minimum absolute atomic E-state index is 0.0768. The number of piperidine rings is 1. The largest absolute Gasteiger partial charge is 0.507 e. The number of aromatic nitrogens is 2. The van der Waals surface area contributed by atoms with E-state index in [0.717, 1.165) is 31.6 Å². The van der Waals surface area contributed by atoms with Crippen molar-refractivity contribution in [3.8, 4) is 11.4 Å². The van der Waals surface area contributed by atoms with Crippen LogP contribution in [-0.2, 0) is 4.74 Å². The van der Waals surface area contributed by atoms with Crippen LogP contribution >= 0.6 is 0 Å².